The highest BCUT2D eigenvalue weighted by molar-refractivity contribution is 6.30. The average Bonchev–Trinajstić information content (AvgIpc) is 2.24. The SMILES string of the molecule is CC(C)N(CCCl)C(=O)c1ccc(Cl)cc1O. The summed E-state index contributed by atoms with van der Waals surface area (Å²) in [5.41, 5.74) is 0.244. The van der Waals surface area contributed by atoms with E-state index in [-0.39, 0.29) is 23.3 Å². The van der Waals surface area contributed by atoms with Crippen molar-refractivity contribution >= 4 is 29.1 Å². The van der Waals surface area contributed by atoms with Gasteiger partial charge in [-0.1, -0.05) is 11.6 Å². The summed E-state index contributed by atoms with van der Waals surface area (Å²) in [5, 5.41) is 10.1. The van der Waals surface area contributed by atoms with Crippen LogP contribution in [-0.2, 0) is 0 Å². The zero-order valence-corrected chi connectivity index (χ0v) is 11.3. The van der Waals surface area contributed by atoms with E-state index < -0.39 is 0 Å². The summed E-state index contributed by atoms with van der Waals surface area (Å²) < 4.78 is 0. The highest BCUT2D eigenvalue weighted by Gasteiger charge is 2.20. The van der Waals surface area contributed by atoms with Gasteiger partial charge in [0, 0.05) is 23.5 Å². The van der Waals surface area contributed by atoms with Gasteiger partial charge in [-0.3, -0.25) is 4.79 Å². The van der Waals surface area contributed by atoms with Gasteiger partial charge in [0.25, 0.3) is 5.91 Å². The molecule has 0 saturated carbocycles. The predicted octanol–water partition coefficient (Wildman–Crippen LogP) is 3.14. The Labute approximate surface area is 111 Å². The molecule has 0 unspecified atom stereocenters. The smallest absolute Gasteiger partial charge is 0.257 e. The van der Waals surface area contributed by atoms with Crippen molar-refractivity contribution in [2.75, 3.05) is 12.4 Å². The fourth-order valence-electron chi connectivity index (χ4n) is 1.53. The summed E-state index contributed by atoms with van der Waals surface area (Å²) in [5.74, 6) is 0.00990. The molecule has 0 spiro atoms. The van der Waals surface area contributed by atoms with Crippen molar-refractivity contribution in [1.82, 2.24) is 4.90 Å². The Hall–Kier alpha value is -0.930. The average molecular weight is 276 g/mol. The predicted molar refractivity (Wildman–Crippen MR) is 70.0 cm³/mol. The zero-order valence-electron chi connectivity index (χ0n) is 9.78. The molecule has 0 aliphatic carbocycles. The lowest BCUT2D eigenvalue weighted by molar-refractivity contribution is 0.0715. The van der Waals surface area contributed by atoms with Crippen LogP contribution in [0.4, 0.5) is 0 Å². The molecule has 0 radical (unpaired) electrons. The Morgan fingerprint density at radius 2 is 2.12 bits per heavy atom. The molecular formula is C12H15Cl2NO2. The second kappa shape index (κ2) is 6.12. The fraction of sp³-hybridized carbons (Fsp3) is 0.417. The second-order valence-electron chi connectivity index (χ2n) is 3.94. The maximum absolute atomic E-state index is 12.2. The molecule has 1 aromatic rings. The van der Waals surface area contributed by atoms with Crippen LogP contribution in [0, 0.1) is 0 Å². The van der Waals surface area contributed by atoms with E-state index >= 15 is 0 Å². The first-order valence-electron chi connectivity index (χ1n) is 5.32. The monoisotopic (exact) mass is 275 g/mol. The molecule has 0 heterocycles. The minimum atomic E-state index is -0.241. The van der Waals surface area contributed by atoms with Crippen LogP contribution in [-0.4, -0.2) is 34.4 Å². The first-order chi connectivity index (χ1) is 7.97. The van der Waals surface area contributed by atoms with E-state index in [1.807, 2.05) is 13.8 Å². The number of hydrogen-bond acceptors (Lipinski definition) is 2. The van der Waals surface area contributed by atoms with Crippen LogP contribution in [0.2, 0.25) is 5.02 Å². The minimum Gasteiger partial charge on any atom is -0.507 e. The van der Waals surface area contributed by atoms with Gasteiger partial charge in [-0.2, -0.15) is 0 Å². The summed E-state index contributed by atoms with van der Waals surface area (Å²) in [6, 6.07) is 4.47. The van der Waals surface area contributed by atoms with Gasteiger partial charge in [-0.15, -0.1) is 11.6 Å². The molecule has 0 bridgehead atoms. The van der Waals surface area contributed by atoms with Crippen LogP contribution in [0.5, 0.6) is 5.75 Å². The molecule has 0 aliphatic rings. The van der Waals surface area contributed by atoms with E-state index in [9.17, 15) is 9.90 Å². The first-order valence-corrected chi connectivity index (χ1v) is 6.24. The molecule has 0 aromatic heterocycles. The van der Waals surface area contributed by atoms with Crippen LogP contribution in [0.25, 0.3) is 0 Å². The van der Waals surface area contributed by atoms with Gasteiger partial charge in [0.1, 0.15) is 5.75 Å². The third-order valence-electron chi connectivity index (χ3n) is 2.40. The third kappa shape index (κ3) is 3.51. The number of benzene rings is 1. The van der Waals surface area contributed by atoms with Crippen molar-refractivity contribution in [3.05, 3.63) is 28.8 Å². The van der Waals surface area contributed by atoms with Crippen LogP contribution in [0.1, 0.15) is 24.2 Å². The van der Waals surface area contributed by atoms with Gasteiger partial charge in [0.15, 0.2) is 0 Å². The molecule has 0 saturated heterocycles. The number of phenols is 1. The molecule has 1 N–H and O–H groups in total. The highest BCUT2D eigenvalue weighted by Crippen LogP contribution is 2.23. The number of rotatable bonds is 4. The summed E-state index contributed by atoms with van der Waals surface area (Å²) in [6.45, 7) is 4.24. The van der Waals surface area contributed by atoms with E-state index in [4.69, 9.17) is 23.2 Å². The summed E-state index contributed by atoms with van der Waals surface area (Å²) in [7, 11) is 0. The van der Waals surface area contributed by atoms with Crippen molar-refractivity contribution < 1.29 is 9.90 Å². The van der Waals surface area contributed by atoms with Gasteiger partial charge in [-0.25, -0.2) is 0 Å². The van der Waals surface area contributed by atoms with E-state index in [0.29, 0.717) is 17.4 Å². The molecule has 17 heavy (non-hydrogen) atoms. The minimum absolute atomic E-state index is 0.0244. The molecule has 0 atom stereocenters. The number of amides is 1. The fourth-order valence-corrected chi connectivity index (χ4v) is 1.87. The molecule has 0 fully saturated rings. The first kappa shape index (κ1) is 14.1. The number of halogens is 2. The summed E-state index contributed by atoms with van der Waals surface area (Å²) in [6.07, 6.45) is 0. The number of phenolic OH excluding ortho intramolecular Hbond substituents is 1. The lowest BCUT2D eigenvalue weighted by Crippen LogP contribution is -2.38. The van der Waals surface area contributed by atoms with Crippen LogP contribution < -0.4 is 0 Å². The molecular weight excluding hydrogens is 261 g/mol. The van der Waals surface area contributed by atoms with E-state index in [0.717, 1.165) is 0 Å². The quantitative estimate of drug-likeness (QED) is 0.858. The number of alkyl halides is 1. The van der Waals surface area contributed by atoms with Crippen LogP contribution in [0.3, 0.4) is 0 Å². The Morgan fingerprint density at radius 1 is 1.47 bits per heavy atom. The standard InChI is InChI=1S/C12H15Cl2NO2/c1-8(2)15(6-5-13)12(17)10-4-3-9(14)7-11(10)16/h3-4,7-8,16H,5-6H2,1-2H3. The van der Waals surface area contributed by atoms with Gasteiger partial charge < -0.3 is 10.0 Å². The zero-order chi connectivity index (χ0) is 13.0. The third-order valence-corrected chi connectivity index (χ3v) is 2.80. The van der Waals surface area contributed by atoms with Gasteiger partial charge in [0.05, 0.1) is 5.56 Å². The Kier molecular flexibility index (Phi) is 5.09. The molecule has 0 aliphatic heterocycles. The van der Waals surface area contributed by atoms with Gasteiger partial charge in [-0.05, 0) is 32.0 Å². The van der Waals surface area contributed by atoms with E-state index in [1.165, 1.54) is 12.1 Å². The molecule has 1 aromatic carbocycles. The molecule has 94 valence electrons. The summed E-state index contributed by atoms with van der Waals surface area (Å²) in [4.78, 5) is 13.8. The van der Waals surface area contributed by atoms with Crippen LogP contribution in [0.15, 0.2) is 18.2 Å². The largest absolute Gasteiger partial charge is 0.507 e. The maximum Gasteiger partial charge on any atom is 0.257 e. The van der Waals surface area contributed by atoms with Crippen molar-refractivity contribution in [2.45, 2.75) is 19.9 Å². The van der Waals surface area contributed by atoms with E-state index in [1.54, 1.807) is 11.0 Å². The molecule has 5 heteroatoms. The highest BCUT2D eigenvalue weighted by atomic mass is 35.5. The van der Waals surface area contributed by atoms with Gasteiger partial charge >= 0.3 is 0 Å². The lowest BCUT2D eigenvalue weighted by atomic mass is 10.1. The number of nitrogens with zero attached hydrogens (tertiary/aromatic N) is 1. The van der Waals surface area contributed by atoms with Gasteiger partial charge in [0.2, 0.25) is 0 Å². The number of hydrogen-bond donors (Lipinski definition) is 1. The lowest BCUT2D eigenvalue weighted by Gasteiger charge is -2.26. The Morgan fingerprint density at radius 3 is 2.59 bits per heavy atom. The molecule has 1 amide bonds. The maximum atomic E-state index is 12.2. The molecule has 1 rings (SSSR count). The Balaban J connectivity index is 3.01. The summed E-state index contributed by atoms with van der Waals surface area (Å²) >= 11 is 11.4. The number of carbonyl (C=O) groups is 1. The van der Waals surface area contributed by atoms with E-state index in [2.05, 4.69) is 0 Å². The normalized spacial score (nSPS) is 10.6. The number of carbonyl (C=O) groups excluding carboxylic acids is 1. The van der Waals surface area contributed by atoms with Crippen molar-refractivity contribution in [2.24, 2.45) is 0 Å². The topological polar surface area (TPSA) is 40.5 Å². The molecule has 3 nitrogen and oxygen atoms in total. The van der Waals surface area contributed by atoms with Crippen LogP contribution >= 0.6 is 23.2 Å². The van der Waals surface area contributed by atoms with Crippen molar-refractivity contribution in [1.29, 1.82) is 0 Å². The Bertz CT molecular complexity index is 407. The number of aromatic hydroxyl groups is 1. The second-order valence-corrected chi connectivity index (χ2v) is 4.76. The van der Waals surface area contributed by atoms with Crippen molar-refractivity contribution in [3.63, 3.8) is 0 Å². The van der Waals surface area contributed by atoms with Crippen molar-refractivity contribution in [3.8, 4) is 5.75 Å².